The summed E-state index contributed by atoms with van der Waals surface area (Å²) < 4.78 is 0. The van der Waals surface area contributed by atoms with Crippen molar-refractivity contribution < 1.29 is 0 Å². The Morgan fingerprint density at radius 1 is 1.20 bits per heavy atom. The summed E-state index contributed by atoms with van der Waals surface area (Å²) in [6, 6.07) is 4.52. The first kappa shape index (κ1) is 9.37. The van der Waals surface area contributed by atoms with Gasteiger partial charge in [0.05, 0.1) is 0 Å². The van der Waals surface area contributed by atoms with Crippen LogP contribution in [0.5, 0.6) is 0 Å². The van der Waals surface area contributed by atoms with Gasteiger partial charge in [0.25, 0.3) is 0 Å². The van der Waals surface area contributed by atoms with Crippen LogP contribution in [0.25, 0.3) is 9.75 Å². The van der Waals surface area contributed by atoms with Crippen LogP contribution in [0.3, 0.4) is 0 Å². The highest BCUT2D eigenvalue weighted by Gasteiger charge is 2.41. The molecule has 0 fully saturated rings. The van der Waals surface area contributed by atoms with Gasteiger partial charge < -0.3 is 0 Å². The molecular weight excluding hydrogens is 220 g/mol. The minimum absolute atomic E-state index is 0.0880. The molecule has 2 heteroatoms. The molecule has 0 unspecified atom stereocenters. The first-order valence-corrected chi connectivity index (χ1v) is 6.89. The second-order valence-corrected chi connectivity index (χ2v) is 5.69. The number of hydrogen-bond acceptors (Lipinski definition) is 2. The van der Waals surface area contributed by atoms with E-state index < -0.39 is 0 Å². The molecule has 76 valence electrons. The number of fused-ring (bicyclic) bond motifs is 3. The van der Waals surface area contributed by atoms with Gasteiger partial charge in [-0.05, 0) is 40.4 Å². The van der Waals surface area contributed by atoms with Crippen LogP contribution in [-0.2, 0) is 5.41 Å². The zero-order chi connectivity index (χ0) is 10.5. The Labute approximate surface area is 97.9 Å². The van der Waals surface area contributed by atoms with Crippen LogP contribution >= 0.6 is 22.7 Å². The molecule has 0 amide bonds. The molecule has 2 heterocycles. The van der Waals surface area contributed by atoms with Crippen LogP contribution in [0, 0.1) is 0 Å². The third kappa shape index (κ3) is 0.963. The van der Waals surface area contributed by atoms with E-state index in [0.717, 1.165) is 6.42 Å². The van der Waals surface area contributed by atoms with Crippen LogP contribution in [0.1, 0.15) is 24.5 Å². The summed E-state index contributed by atoms with van der Waals surface area (Å²) >= 11 is 3.71. The second-order valence-electron chi connectivity index (χ2n) is 3.86. The van der Waals surface area contributed by atoms with Gasteiger partial charge in [-0.15, -0.1) is 29.3 Å². The van der Waals surface area contributed by atoms with Gasteiger partial charge >= 0.3 is 0 Å². The van der Waals surface area contributed by atoms with E-state index in [4.69, 9.17) is 0 Å². The third-order valence-corrected chi connectivity index (χ3v) is 5.40. The lowest BCUT2D eigenvalue weighted by atomic mass is 9.77. The maximum absolute atomic E-state index is 4.05. The zero-order valence-corrected chi connectivity index (χ0v) is 10.3. The van der Waals surface area contributed by atoms with Crippen molar-refractivity contribution in [2.45, 2.75) is 18.8 Å². The Morgan fingerprint density at radius 2 is 1.73 bits per heavy atom. The number of rotatable bonds is 2. The molecular formula is C13H12S2. The molecule has 0 aromatic carbocycles. The van der Waals surface area contributed by atoms with E-state index in [-0.39, 0.29) is 5.41 Å². The quantitative estimate of drug-likeness (QED) is 0.660. The normalized spacial score (nSPS) is 16.1. The summed E-state index contributed by atoms with van der Waals surface area (Å²) in [6.07, 6.45) is 3.22. The Hall–Kier alpha value is -0.860. The fourth-order valence-electron chi connectivity index (χ4n) is 2.56. The van der Waals surface area contributed by atoms with Gasteiger partial charge in [-0.25, -0.2) is 0 Å². The minimum atomic E-state index is 0.0880. The summed E-state index contributed by atoms with van der Waals surface area (Å²) in [5.74, 6) is 0. The SMILES string of the molecule is C=CC1(CC)c2ccsc2-c2sccc21. The van der Waals surface area contributed by atoms with Crippen LogP contribution in [-0.4, -0.2) is 0 Å². The lowest BCUT2D eigenvalue weighted by Crippen LogP contribution is -2.19. The average molecular weight is 232 g/mol. The number of hydrogen-bond donors (Lipinski definition) is 0. The number of allylic oxidation sites excluding steroid dienone is 1. The Morgan fingerprint density at radius 3 is 2.13 bits per heavy atom. The average Bonchev–Trinajstić information content (AvgIpc) is 2.90. The summed E-state index contributed by atoms with van der Waals surface area (Å²) in [6.45, 7) is 6.30. The minimum Gasteiger partial charge on any atom is -0.143 e. The maximum atomic E-state index is 4.05. The molecule has 0 saturated heterocycles. The third-order valence-electron chi connectivity index (χ3n) is 3.40. The Bertz CT molecular complexity index is 476. The van der Waals surface area contributed by atoms with Crippen molar-refractivity contribution in [3.63, 3.8) is 0 Å². The zero-order valence-electron chi connectivity index (χ0n) is 8.62. The first-order chi connectivity index (χ1) is 7.33. The fraction of sp³-hybridized carbons (Fsp3) is 0.231. The van der Waals surface area contributed by atoms with Crippen molar-refractivity contribution in [3.05, 3.63) is 46.7 Å². The molecule has 2 aromatic rings. The van der Waals surface area contributed by atoms with Crippen molar-refractivity contribution in [2.24, 2.45) is 0 Å². The van der Waals surface area contributed by atoms with Crippen molar-refractivity contribution in [1.29, 1.82) is 0 Å². The molecule has 0 bridgehead atoms. The Kier molecular flexibility index (Phi) is 1.91. The van der Waals surface area contributed by atoms with Crippen LogP contribution < -0.4 is 0 Å². The first-order valence-electron chi connectivity index (χ1n) is 5.13. The largest absolute Gasteiger partial charge is 0.143 e. The van der Waals surface area contributed by atoms with Gasteiger partial charge in [0.2, 0.25) is 0 Å². The van der Waals surface area contributed by atoms with Gasteiger partial charge in [-0.3, -0.25) is 0 Å². The van der Waals surface area contributed by atoms with Crippen molar-refractivity contribution >= 4 is 22.7 Å². The molecule has 0 spiro atoms. The van der Waals surface area contributed by atoms with Gasteiger partial charge in [0.15, 0.2) is 0 Å². The highest BCUT2D eigenvalue weighted by Crippen LogP contribution is 2.55. The van der Waals surface area contributed by atoms with Crippen LogP contribution in [0.15, 0.2) is 35.5 Å². The summed E-state index contributed by atoms with van der Waals surface area (Å²) in [4.78, 5) is 2.92. The number of thiophene rings is 2. The van der Waals surface area contributed by atoms with Gasteiger partial charge in [0.1, 0.15) is 0 Å². The molecule has 15 heavy (non-hydrogen) atoms. The monoisotopic (exact) mass is 232 g/mol. The van der Waals surface area contributed by atoms with E-state index in [0.29, 0.717) is 0 Å². The van der Waals surface area contributed by atoms with Crippen molar-refractivity contribution in [1.82, 2.24) is 0 Å². The highest BCUT2D eigenvalue weighted by molar-refractivity contribution is 7.21. The van der Waals surface area contributed by atoms with E-state index in [2.05, 4.69) is 42.5 Å². The summed E-state index contributed by atoms with van der Waals surface area (Å²) in [5.41, 5.74) is 3.02. The maximum Gasteiger partial charge on any atom is 0.0490 e. The summed E-state index contributed by atoms with van der Waals surface area (Å²) in [7, 11) is 0. The molecule has 2 aromatic heterocycles. The van der Waals surface area contributed by atoms with Crippen LogP contribution in [0.2, 0.25) is 0 Å². The molecule has 0 N–H and O–H groups in total. The van der Waals surface area contributed by atoms with E-state index >= 15 is 0 Å². The Balaban J connectivity index is 2.40. The van der Waals surface area contributed by atoms with E-state index in [1.807, 2.05) is 22.7 Å². The lowest BCUT2D eigenvalue weighted by Gasteiger charge is -2.24. The standard InChI is InChI=1S/C13H12S2/c1-3-13(4-2)9-5-7-14-11(9)12-10(13)6-8-15-12/h3,5-8H,1,4H2,2H3. The van der Waals surface area contributed by atoms with Crippen molar-refractivity contribution in [3.8, 4) is 9.75 Å². The predicted octanol–water partition coefficient (Wildman–Crippen LogP) is 4.67. The lowest BCUT2D eigenvalue weighted by molar-refractivity contribution is 0.638. The molecule has 1 aliphatic carbocycles. The highest BCUT2D eigenvalue weighted by atomic mass is 32.1. The molecule has 0 radical (unpaired) electrons. The van der Waals surface area contributed by atoms with E-state index in [9.17, 15) is 0 Å². The topological polar surface area (TPSA) is 0 Å². The van der Waals surface area contributed by atoms with E-state index in [1.165, 1.54) is 20.9 Å². The van der Waals surface area contributed by atoms with Crippen molar-refractivity contribution in [2.75, 3.05) is 0 Å². The second kappa shape index (κ2) is 3.06. The fourth-order valence-corrected chi connectivity index (χ4v) is 4.72. The predicted molar refractivity (Wildman–Crippen MR) is 68.9 cm³/mol. The molecule has 0 aliphatic heterocycles. The van der Waals surface area contributed by atoms with Crippen LogP contribution in [0.4, 0.5) is 0 Å². The molecule has 0 atom stereocenters. The smallest absolute Gasteiger partial charge is 0.0490 e. The summed E-state index contributed by atoms with van der Waals surface area (Å²) in [5, 5.41) is 4.39. The molecule has 1 aliphatic rings. The van der Waals surface area contributed by atoms with E-state index in [1.54, 1.807) is 0 Å². The van der Waals surface area contributed by atoms with Gasteiger partial charge in [0, 0.05) is 15.2 Å². The van der Waals surface area contributed by atoms with Gasteiger partial charge in [-0.1, -0.05) is 13.0 Å². The van der Waals surface area contributed by atoms with Gasteiger partial charge in [-0.2, -0.15) is 0 Å². The molecule has 0 nitrogen and oxygen atoms in total. The molecule has 3 rings (SSSR count). The molecule has 0 saturated carbocycles.